The number of nitrogens with one attached hydrogen (secondary N) is 1. The zero-order chi connectivity index (χ0) is 37.5. The van der Waals surface area contributed by atoms with E-state index in [2.05, 4.69) is 74.7 Å². The Morgan fingerprint density at radius 2 is 1.12 bits per heavy atom. The number of esters is 1. The number of allylic oxidation sites excluding steroid dienone is 8. The molecule has 0 fully saturated rings. The SMILES string of the molecule is CC/C=C/C=C/C=C\CCCCCCCC(=O)OC(CCCCC/C=C\CCC)CC(=O)NC(CO)C(O)CCCCCCCCCCCCC. The minimum atomic E-state index is -0.792. The van der Waals surface area contributed by atoms with Crippen molar-refractivity contribution in [2.24, 2.45) is 0 Å². The van der Waals surface area contributed by atoms with Gasteiger partial charge in [-0.1, -0.05) is 172 Å². The molecule has 296 valence electrons. The number of aliphatic hydroxyl groups is 2. The molecule has 6 heteroatoms. The fraction of sp³-hybridized carbons (Fsp3) is 0.778. The molecule has 3 atom stereocenters. The van der Waals surface area contributed by atoms with Crippen molar-refractivity contribution in [3.8, 4) is 0 Å². The summed E-state index contributed by atoms with van der Waals surface area (Å²) < 4.78 is 5.85. The Bertz CT molecular complexity index is 895. The fourth-order valence-electron chi connectivity index (χ4n) is 6.20. The average molecular weight is 716 g/mol. The Hall–Kier alpha value is -2.18. The second-order valence-electron chi connectivity index (χ2n) is 14.4. The van der Waals surface area contributed by atoms with Crippen LogP contribution >= 0.6 is 0 Å². The molecule has 0 aromatic rings. The highest BCUT2D eigenvalue weighted by Crippen LogP contribution is 2.17. The Morgan fingerprint density at radius 3 is 1.75 bits per heavy atom. The van der Waals surface area contributed by atoms with E-state index in [1.807, 2.05) is 0 Å². The van der Waals surface area contributed by atoms with Gasteiger partial charge in [-0.25, -0.2) is 0 Å². The minimum Gasteiger partial charge on any atom is -0.462 e. The fourth-order valence-corrected chi connectivity index (χ4v) is 6.20. The van der Waals surface area contributed by atoms with Gasteiger partial charge in [-0.2, -0.15) is 0 Å². The number of hydrogen-bond donors (Lipinski definition) is 3. The summed E-state index contributed by atoms with van der Waals surface area (Å²) in [5, 5.41) is 23.5. The van der Waals surface area contributed by atoms with Crippen molar-refractivity contribution in [1.29, 1.82) is 0 Å². The van der Waals surface area contributed by atoms with E-state index in [1.165, 1.54) is 51.4 Å². The van der Waals surface area contributed by atoms with E-state index in [9.17, 15) is 19.8 Å². The number of amides is 1. The number of aliphatic hydroxyl groups excluding tert-OH is 2. The van der Waals surface area contributed by atoms with Crippen molar-refractivity contribution in [3.05, 3.63) is 48.6 Å². The first kappa shape index (κ1) is 48.8. The van der Waals surface area contributed by atoms with Crippen LogP contribution in [-0.4, -0.2) is 46.9 Å². The average Bonchev–Trinajstić information content (AvgIpc) is 3.12. The normalized spacial score (nSPS) is 13.9. The van der Waals surface area contributed by atoms with Crippen LogP contribution in [0, 0.1) is 0 Å². The molecule has 0 aromatic carbocycles. The number of carbonyl (C=O) groups excluding carboxylic acids is 2. The van der Waals surface area contributed by atoms with Crippen molar-refractivity contribution in [1.82, 2.24) is 5.32 Å². The Balaban J connectivity index is 4.56. The second kappa shape index (κ2) is 39.0. The molecule has 0 saturated carbocycles. The quantitative estimate of drug-likeness (QED) is 0.0257. The zero-order valence-corrected chi connectivity index (χ0v) is 33.5. The Labute approximate surface area is 315 Å². The summed E-state index contributed by atoms with van der Waals surface area (Å²) in [7, 11) is 0. The first-order valence-corrected chi connectivity index (χ1v) is 21.4. The van der Waals surface area contributed by atoms with E-state index in [0.717, 1.165) is 103 Å². The third-order valence-electron chi connectivity index (χ3n) is 9.43. The van der Waals surface area contributed by atoms with E-state index in [-0.39, 0.29) is 24.9 Å². The Kier molecular flexibility index (Phi) is 37.4. The predicted molar refractivity (Wildman–Crippen MR) is 218 cm³/mol. The van der Waals surface area contributed by atoms with E-state index < -0.39 is 18.2 Å². The first-order valence-electron chi connectivity index (χ1n) is 21.4. The maximum atomic E-state index is 13.0. The lowest BCUT2D eigenvalue weighted by Gasteiger charge is -2.24. The molecule has 0 aliphatic rings. The lowest BCUT2D eigenvalue weighted by molar-refractivity contribution is -0.151. The largest absolute Gasteiger partial charge is 0.462 e. The number of ether oxygens (including phenoxy) is 1. The molecule has 51 heavy (non-hydrogen) atoms. The van der Waals surface area contributed by atoms with Gasteiger partial charge in [0.15, 0.2) is 0 Å². The van der Waals surface area contributed by atoms with E-state index in [0.29, 0.717) is 19.3 Å². The predicted octanol–water partition coefficient (Wildman–Crippen LogP) is 11.9. The maximum Gasteiger partial charge on any atom is 0.306 e. The van der Waals surface area contributed by atoms with Gasteiger partial charge in [0.25, 0.3) is 0 Å². The summed E-state index contributed by atoms with van der Waals surface area (Å²) in [4.78, 5) is 25.8. The van der Waals surface area contributed by atoms with Crippen LogP contribution in [0.1, 0.15) is 201 Å². The van der Waals surface area contributed by atoms with Gasteiger partial charge in [0.1, 0.15) is 6.10 Å². The summed E-state index contributed by atoms with van der Waals surface area (Å²) >= 11 is 0. The molecule has 0 aromatic heterocycles. The highest BCUT2D eigenvalue weighted by molar-refractivity contribution is 5.77. The van der Waals surface area contributed by atoms with Crippen LogP contribution in [0.15, 0.2) is 48.6 Å². The van der Waals surface area contributed by atoms with Gasteiger partial charge in [-0.15, -0.1) is 0 Å². The van der Waals surface area contributed by atoms with Crippen LogP contribution in [0.3, 0.4) is 0 Å². The smallest absolute Gasteiger partial charge is 0.306 e. The zero-order valence-electron chi connectivity index (χ0n) is 33.5. The van der Waals surface area contributed by atoms with Crippen LogP contribution in [-0.2, 0) is 14.3 Å². The standard InChI is InChI=1S/C45H81NO5/c1-4-7-10-13-16-19-21-22-24-26-29-32-35-38-45(50)51-41(36-33-30-27-18-15-12-9-6-3)39-44(49)46-42(40-47)43(48)37-34-31-28-25-23-20-17-14-11-8-5-2/h7,10,12-13,15-16,19,21,41-43,47-48H,4-6,8-9,11,14,17-18,20,22-40H2,1-3H3,(H,46,49)/b10-7+,15-12-,16-13+,21-19-. The number of carbonyl (C=O) groups is 2. The third kappa shape index (κ3) is 34.7. The lowest BCUT2D eigenvalue weighted by Crippen LogP contribution is -2.46. The van der Waals surface area contributed by atoms with Crippen molar-refractivity contribution >= 4 is 11.9 Å². The van der Waals surface area contributed by atoms with Gasteiger partial charge in [-0.3, -0.25) is 9.59 Å². The molecule has 0 rings (SSSR count). The first-order chi connectivity index (χ1) is 25.0. The lowest BCUT2D eigenvalue weighted by atomic mass is 10.0. The summed E-state index contributed by atoms with van der Waals surface area (Å²) in [6.07, 6.45) is 44.6. The molecule has 0 bridgehead atoms. The molecule has 6 nitrogen and oxygen atoms in total. The summed E-state index contributed by atoms with van der Waals surface area (Å²) in [5.74, 6) is -0.522. The summed E-state index contributed by atoms with van der Waals surface area (Å²) in [5.41, 5.74) is 0. The topological polar surface area (TPSA) is 95.9 Å². The maximum absolute atomic E-state index is 13.0. The van der Waals surface area contributed by atoms with Crippen LogP contribution in [0.25, 0.3) is 0 Å². The molecule has 0 radical (unpaired) electrons. The Morgan fingerprint density at radius 1 is 0.588 bits per heavy atom. The van der Waals surface area contributed by atoms with Crippen LogP contribution in [0.2, 0.25) is 0 Å². The molecular weight excluding hydrogens is 634 g/mol. The van der Waals surface area contributed by atoms with Crippen LogP contribution in [0.4, 0.5) is 0 Å². The van der Waals surface area contributed by atoms with Crippen LogP contribution in [0.5, 0.6) is 0 Å². The van der Waals surface area contributed by atoms with Gasteiger partial charge in [-0.05, 0) is 64.2 Å². The van der Waals surface area contributed by atoms with Gasteiger partial charge in [0, 0.05) is 6.42 Å². The molecule has 0 spiro atoms. The summed E-state index contributed by atoms with van der Waals surface area (Å²) in [6.45, 7) is 6.24. The van der Waals surface area contributed by atoms with Gasteiger partial charge >= 0.3 is 5.97 Å². The molecule has 0 aliphatic heterocycles. The van der Waals surface area contributed by atoms with Crippen molar-refractivity contribution in [2.75, 3.05) is 6.61 Å². The van der Waals surface area contributed by atoms with Crippen molar-refractivity contribution in [2.45, 2.75) is 219 Å². The highest BCUT2D eigenvalue weighted by atomic mass is 16.5. The van der Waals surface area contributed by atoms with E-state index >= 15 is 0 Å². The minimum absolute atomic E-state index is 0.0569. The highest BCUT2D eigenvalue weighted by Gasteiger charge is 2.24. The number of rotatable bonds is 37. The van der Waals surface area contributed by atoms with Gasteiger partial charge < -0.3 is 20.3 Å². The number of unbranched alkanes of at least 4 members (excludes halogenated alkanes) is 19. The van der Waals surface area contributed by atoms with Gasteiger partial charge in [0.05, 0.1) is 25.2 Å². The van der Waals surface area contributed by atoms with Crippen molar-refractivity contribution in [3.63, 3.8) is 0 Å². The molecule has 0 aliphatic carbocycles. The molecule has 0 saturated heterocycles. The molecular formula is C45H81NO5. The van der Waals surface area contributed by atoms with E-state index in [4.69, 9.17) is 4.74 Å². The molecule has 0 heterocycles. The third-order valence-corrected chi connectivity index (χ3v) is 9.43. The summed E-state index contributed by atoms with van der Waals surface area (Å²) in [6, 6.07) is -0.707. The monoisotopic (exact) mass is 716 g/mol. The molecule has 1 amide bonds. The molecule has 3 N–H and O–H groups in total. The number of hydrogen-bond acceptors (Lipinski definition) is 5. The van der Waals surface area contributed by atoms with Crippen molar-refractivity contribution < 1.29 is 24.5 Å². The van der Waals surface area contributed by atoms with Gasteiger partial charge in [0.2, 0.25) is 5.91 Å². The van der Waals surface area contributed by atoms with Crippen LogP contribution < -0.4 is 5.32 Å². The second-order valence-corrected chi connectivity index (χ2v) is 14.4. The molecule has 3 unspecified atom stereocenters. The van der Waals surface area contributed by atoms with E-state index in [1.54, 1.807) is 0 Å².